The largest absolute Gasteiger partial charge is 0.480 e. The monoisotopic (exact) mass is 606 g/mol. The molecule has 1 saturated heterocycles. The second-order valence-corrected chi connectivity index (χ2v) is 11.3. The summed E-state index contributed by atoms with van der Waals surface area (Å²) in [6.45, 7) is 0.360. The standard InChI is InChI=1S/C24H35ClN4O10S/c1-23(39)13(9-10-25)18(34)29-24(23,17(33)12-5-3-2-4-6-12)22(38)40-20(19(35)27-11-16(31)32)28-15(30)8-7-14(26)21(36)37/h3,5,12-14,17,20,33,39H,2,4,6-11,26H2,1H3,(H,27,35)(H,28,30)(H,29,34)(H,31,32)(H,36,37)/t12-,13+,14?,17+,20?,23+,24+/m1/s1. The lowest BCUT2D eigenvalue weighted by Gasteiger charge is -2.45. The van der Waals surface area contributed by atoms with Gasteiger partial charge >= 0.3 is 11.9 Å². The Labute approximate surface area is 239 Å². The molecule has 0 spiro atoms. The van der Waals surface area contributed by atoms with Gasteiger partial charge in [0.15, 0.2) is 10.9 Å². The Morgan fingerprint density at radius 2 is 1.95 bits per heavy atom. The van der Waals surface area contributed by atoms with Crippen molar-refractivity contribution < 1.29 is 49.2 Å². The number of thioether (sulfide) groups is 1. The third-order valence-corrected chi connectivity index (χ3v) is 8.46. The highest BCUT2D eigenvalue weighted by atomic mass is 35.5. The minimum atomic E-state index is -2.33. The average molecular weight is 607 g/mol. The summed E-state index contributed by atoms with van der Waals surface area (Å²) >= 11 is 6.01. The van der Waals surface area contributed by atoms with Gasteiger partial charge in [0, 0.05) is 18.2 Å². The lowest BCUT2D eigenvalue weighted by atomic mass is 9.69. The molecule has 0 bridgehead atoms. The van der Waals surface area contributed by atoms with Crippen molar-refractivity contribution in [1.82, 2.24) is 16.0 Å². The molecular weight excluding hydrogens is 572 g/mol. The van der Waals surface area contributed by atoms with Crippen LogP contribution in [-0.2, 0) is 28.8 Å². The summed E-state index contributed by atoms with van der Waals surface area (Å²) in [6, 6.07) is -1.37. The molecule has 3 amide bonds. The molecular formula is C24H35ClN4O10S. The number of aliphatic carboxylic acids is 2. The van der Waals surface area contributed by atoms with E-state index in [0.29, 0.717) is 12.8 Å². The summed E-state index contributed by atoms with van der Waals surface area (Å²) < 4.78 is 0. The number of rotatable bonds is 14. The zero-order valence-electron chi connectivity index (χ0n) is 21.8. The van der Waals surface area contributed by atoms with Crippen molar-refractivity contribution in [2.24, 2.45) is 17.6 Å². The van der Waals surface area contributed by atoms with E-state index in [1.807, 2.05) is 5.32 Å². The SMILES string of the molecule is C[C@]1(O)[C@@H](CCCl)C(=O)N[C@]1(C(=O)SC(NC(=O)CCC(N)C(=O)O)C(=O)NCC(=O)O)[C@@H](O)[C@@H]1C=CCCC1. The van der Waals surface area contributed by atoms with Crippen LogP contribution in [0.25, 0.3) is 0 Å². The predicted octanol–water partition coefficient (Wildman–Crippen LogP) is -1.34. The maximum Gasteiger partial charge on any atom is 0.322 e. The normalized spacial score (nSPS) is 28.2. The summed E-state index contributed by atoms with van der Waals surface area (Å²) in [5.74, 6) is -7.36. The Morgan fingerprint density at radius 1 is 1.27 bits per heavy atom. The molecule has 9 N–H and O–H groups in total. The number of amides is 3. The minimum absolute atomic E-state index is 0.0313. The number of nitrogens with one attached hydrogen (secondary N) is 3. The zero-order valence-corrected chi connectivity index (χ0v) is 23.4. The predicted molar refractivity (Wildman–Crippen MR) is 143 cm³/mol. The van der Waals surface area contributed by atoms with Crippen molar-refractivity contribution in [2.75, 3.05) is 12.4 Å². The number of allylic oxidation sites excluding steroid dienone is 1. The molecule has 1 aliphatic heterocycles. The minimum Gasteiger partial charge on any atom is -0.480 e. The molecule has 16 heteroatoms. The fourth-order valence-corrected chi connectivity index (χ4v) is 6.24. The number of alkyl halides is 1. The summed E-state index contributed by atoms with van der Waals surface area (Å²) in [5, 5.41) is 44.9. The number of halogens is 1. The van der Waals surface area contributed by atoms with Crippen LogP contribution in [0.1, 0.15) is 45.4 Å². The van der Waals surface area contributed by atoms with E-state index in [4.69, 9.17) is 27.5 Å². The van der Waals surface area contributed by atoms with E-state index in [9.17, 15) is 39.0 Å². The first-order valence-electron chi connectivity index (χ1n) is 12.6. The number of hydrogen-bond donors (Lipinski definition) is 8. The van der Waals surface area contributed by atoms with Crippen LogP contribution in [0.5, 0.6) is 0 Å². The molecule has 14 nitrogen and oxygen atoms in total. The lowest BCUT2D eigenvalue weighted by molar-refractivity contribution is -0.142. The van der Waals surface area contributed by atoms with Gasteiger partial charge in [-0.3, -0.25) is 28.8 Å². The van der Waals surface area contributed by atoms with Gasteiger partial charge in [0.25, 0.3) is 5.91 Å². The van der Waals surface area contributed by atoms with Crippen LogP contribution in [-0.4, -0.2) is 96.3 Å². The highest BCUT2D eigenvalue weighted by molar-refractivity contribution is 8.15. The van der Waals surface area contributed by atoms with Gasteiger partial charge in [0.2, 0.25) is 16.9 Å². The Bertz CT molecular complexity index is 1040. The van der Waals surface area contributed by atoms with Crippen LogP contribution in [0.4, 0.5) is 0 Å². The van der Waals surface area contributed by atoms with Crippen LogP contribution in [0.2, 0.25) is 0 Å². The van der Waals surface area contributed by atoms with Gasteiger partial charge < -0.3 is 42.1 Å². The van der Waals surface area contributed by atoms with E-state index >= 15 is 0 Å². The van der Waals surface area contributed by atoms with Crippen LogP contribution in [0.15, 0.2) is 12.2 Å². The molecule has 40 heavy (non-hydrogen) atoms. The number of nitrogens with two attached hydrogens (primary N) is 1. The number of aliphatic hydroxyl groups excluding tert-OH is 1. The maximum absolute atomic E-state index is 14.0. The first-order valence-corrected chi connectivity index (χ1v) is 14.0. The lowest BCUT2D eigenvalue weighted by Crippen LogP contribution is -2.70. The van der Waals surface area contributed by atoms with Crippen molar-refractivity contribution >= 4 is 58.1 Å². The first kappa shape index (κ1) is 33.5. The zero-order chi connectivity index (χ0) is 30.3. The third kappa shape index (κ3) is 7.51. The Balaban J connectivity index is 2.44. The van der Waals surface area contributed by atoms with Crippen LogP contribution < -0.4 is 21.7 Å². The first-order chi connectivity index (χ1) is 18.7. The van der Waals surface area contributed by atoms with E-state index in [-0.39, 0.29) is 30.5 Å². The molecule has 0 aromatic carbocycles. The Morgan fingerprint density at radius 3 is 2.50 bits per heavy atom. The summed E-state index contributed by atoms with van der Waals surface area (Å²) in [7, 11) is 0. The quantitative estimate of drug-likeness (QED) is 0.0650. The number of carboxylic acids is 2. The van der Waals surface area contributed by atoms with Crippen LogP contribution in [0, 0.1) is 11.8 Å². The van der Waals surface area contributed by atoms with Gasteiger partial charge in [-0.1, -0.05) is 23.9 Å². The molecule has 0 aromatic rings. The van der Waals surface area contributed by atoms with E-state index in [0.717, 1.165) is 6.42 Å². The number of carbonyl (C=O) groups excluding carboxylic acids is 4. The highest BCUT2D eigenvalue weighted by Crippen LogP contribution is 2.46. The van der Waals surface area contributed by atoms with Crippen LogP contribution in [0.3, 0.4) is 0 Å². The summed E-state index contributed by atoms with van der Waals surface area (Å²) in [5.41, 5.74) is 0.888. The van der Waals surface area contributed by atoms with Gasteiger partial charge in [-0.2, -0.15) is 0 Å². The number of aliphatic hydroxyl groups is 2. The Kier molecular flexibility index (Phi) is 11.9. The number of carboxylic acid groups (broad SMARTS) is 2. The van der Waals surface area contributed by atoms with Crippen molar-refractivity contribution in [3.05, 3.63) is 12.2 Å². The van der Waals surface area contributed by atoms with Crippen molar-refractivity contribution in [2.45, 2.75) is 74.1 Å². The van der Waals surface area contributed by atoms with Gasteiger partial charge in [-0.05, 0) is 39.0 Å². The van der Waals surface area contributed by atoms with E-state index in [1.165, 1.54) is 6.92 Å². The molecule has 2 unspecified atom stereocenters. The Hall–Kier alpha value is -2.72. The maximum atomic E-state index is 14.0. The topological polar surface area (TPSA) is 245 Å². The van der Waals surface area contributed by atoms with E-state index in [1.54, 1.807) is 12.2 Å². The van der Waals surface area contributed by atoms with Gasteiger partial charge in [0.05, 0.1) is 12.0 Å². The number of carbonyl (C=O) groups is 6. The van der Waals surface area contributed by atoms with Gasteiger partial charge in [-0.25, -0.2) is 0 Å². The number of hydrogen-bond acceptors (Lipinski definition) is 10. The van der Waals surface area contributed by atoms with E-state index in [2.05, 4.69) is 10.6 Å². The molecule has 0 saturated carbocycles. The molecule has 0 radical (unpaired) electrons. The molecule has 1 fully saturated rings. The fraction of sp³-hybridized carbons (Fsp3) is 0.667. The molecule has 2 rings (SSSR count). The summed E-state index contributed by atoms with van der Waals surface area (Å²) in [4.78, 5) is 74.2. The third-order valence-electron chi connectivity index (χ3n) is 7.14. The van der Waals surface area contributed by atoms with Crippen molar-refractivity contribution in [3.8, 4) is 0 Å². The molecule has 7 atom stereocenters. The highest BCUT2D eigenvalue weighted by Gasteiger charge is 2.69. The van der Waals surface area contributed by atoms with Crippen molar-refractivity contribution in [3.63, 3.8) is 0 Å². The fourth-order valence-electron chi connectivity index (χ4n) is 4.87. The smallest absolute Gasteiger partial charge is 0.322 e. The molecule has 0 aromatic heterocycles. The molecule has 224 valence electrons. The average Bonchev–Trinajstić information content (AvgIpc) is 3.10. The molecule has 1 aliphatic carbocycles. The second kappa shape index (κ2) is 14.3. The molecule has 2 aliphatic rings. The van der Waals surface area contributed by atoms with E-state index < -0.39 is 88.2 Å². The van der Waals surface area contributed by atoms with Gasteiger partial charge in [0.1, 0.15) is 18.2 Å². The van der Waals surface area contributed by atoms with Crippen molar-refractivity contribution in [1.29, 1.82) is 0 Å². The molecule has 1 heterocycles. The van der Waals surface area contributed by atoms with Crippen LogP contribution >= 0.6 is 23.4 Å². The summed E-state index contributed by atoms with van der Waals surface area (Å²) in [6.07, 6.45) is 2.90. The van der Waals surface area contributed by atoms with Gasteiger partial charge in [-0.15, -0.1) is 11.6 Å². The second-order valence-electron chi connectivity index (χ2n) is 9.89.